The second-order valence-corrected chi connectivity index (χ2v) is 7.29. The van der Waals surface area contributed by atoms with Crippen LogP contribution >= 0.6 is 0 Å². The molecule has 0 aromatic heterocycles. The van der Waals surface area contributed by atoms with Crippen LogP contribution in [0.15, 0.2) is 0 Å². The van der Waals surface area contributed by atoms with E-state index >= 15 is 0 Å². The molecule has 0 amide bonds. The van der Waals surface area contributed by atoms with E-state index in [1.807, 2.05) is 6.92 Å². The van der Waals surface area contributed by atoms with Gasteiger partial charge in [-0.05, 0) is 12.6 Å². The van der Waals surface area contributed by atoms with Crippen molar-refractivity contribution in [3.63, 3.8) is 0 Å². The van der Waals surface area contributed by atoms with Crippen LogP contribution in [0, 0.1) is 0 Å². The van der Waals surface area contributed by atoms with Crippen molar-refractivity contribution in [1.29, 1.82) is 0 Å². The van der Waals surface area contributed by atoms with E-state index in [0.29, 0.717) is 12.5 Å². The Morgan fingerprint density at radius 2 is 1.86 bits per heavy atom. The molecule has 14 heavy (non-hydrogen) atoms. The fraction of sp³-hybridized carbons (Fsp3) is 1.00. The molecule has 0 aliphatic heterocycles. The zero-order valence-electron chi connectivity index (χ0n) is 7.97. The maximum absolute atomic E-state index is 11.8. The first kappa shape index (κ1) is 13.9. The molecule has 0 N–H and O–H groups in total. The molecule has 0 aliphatic carbocycles. The molecule has 0 spiro atoms. The van der Waals surface area contributed by atoms with Crippen LogP contribution in [-0.4, -0.2) is 23.0 Å². The van der Waals surface area contributed by atoms with Gasteiger partial charge in [0, 0.05) is 0 Å². The van der Waals surface area contributed by atoms with Crippen LogP contribution in [0.3, 0.4) is 0 Å². The second kappa shape index (κ2) is 5.13. The maximum atomic E-state index is 11.8. The van der Waals surface area contributed by atoms with E-state index in [9.17, 15) is 21.6 Å². The lowest BCUT2D eigenvalue weighted by Crippen LogP contribution is -2.30. The average Bonchev–Trinajstić information content (AvgIpc) is 1.97. The Bertz CT molecular complexity index is 262. The molecule has 86 valence electrons. The zero-order chi connectivity index (χ0) is 11.4. The molecule has 0 saturated heterocycles. The predicted octanol–water partition coefficient (Wildman–Crippen LogP) is 2.01. The van der Waals surface area contributed by atoms with Gasteiger partial charge in [0.2, 0.25) is 0 Å². The summed E-state index contributed by atoms with van der Waals surface area (Å²) in [6, 6.07) is 0.436. The number of hydrogen-bond acceptors (Lipinski definition) is 3. The topological polar surface area (TPSA) is 43.4 Å². The number of alkyl halides is 3. The van der Waals surface area contributed by atoms with Gasteiger partial charge in [0.05, 0.1) is 0 Å². The molecule has 0 bridgehead atoms. The van der Waals surface area contributed by atoms with Crippen LogP contribution in [0.5, 0.6) is 0 Å². The predicted molar refractivity (Wildman–Crippen MR) is 48.8 cm³/mol. The Labute approximate surface area is 83.1 Å². The van der Waals surface area contributed by atoms with Crippen molar-refractivity contribution >= 4 is 19.2 Å². The average molecular weight is 250 g/mol. The van der Waals surface area contributed by atoms with Crippen LogP contribution in [0.1, 0.15) is 19.8 Å². The first-order valence-electron chi connectivity index (χ1n) is 4.20. The normalized spacial score (nSPS) is 15.5. The summed E-state index contributed by atoms with van der Waals surface area (Å²) in [4.78, 5) is 0. The lowest BCUT2D eigenvalue weighted by molar-refractivity contribution is -0.0501. The molecule has 1 unspecified atom stereocenters. The van der Waals surface area contributed by atoms with Crippen molar-refractivity contribution in [3.05, 3.63) is 0 Å². The van der Waals surface area contributed by atoms with Gasteiger partial charge in [-0.2, -0.15) is 21.6 Å². The molecule has 0 saturated carbocycles. The van der Waals surface area contributed by atoms with Crippen LogP contribution in [0.2, 0.25) is 12.6 Å². The number of rotatable bonds is 5. The molecule has 0 aromatic carbocycles. The Morgan fingerprint density at radius 3 is 2.21 bits per heavy atom. The van der Waals surface area contributed by atoms with Crippen LogP contribution in [-0.2, 0) is 14.0 Å². The third kappa shape index (κ3) is 4.42. The van der Waals surface area contributed by atoms with Gasteiger partial charge in [0.25, 0.3) is 0 Å². The molecular weight excluding hydrogens is 237 g/mol. The fourth-order valence-corrected chi connectivity index (χ4v) is 4.35. The van der Waals surface area contributed by atoms with Gasteiger partial charge in [-0.25, -0.2) is 0 Å². The first-order valence-corrected chi connectivity index (χ1v) is 8.05. The van der Waals surface area contributed by atoms with Crippen molar-refractivity contribution in [1.82, 2.24) is 0 Å². The molecule has 0 rings (SSSR count). The summed E-state index contributed by atoms with van der Waals surface area (Å²) in [6.45, 7) is 3.32. The van der Waals surface area contributed by atoms with Crippen molar-refractivity contribution in [3.8, 4) is 0 Å². The molecule has 0 aromatic rings. The Morgan fingerprint density at radius 1 is 1.36 bits per heavy atom. The molecule has 0 aliphatic rings. The third-order valence-corrected chi connectivity index (χ3v) is 5.65. The summed E-state index contributed by atoms with van der Waals surface area (Å²) < 4.78 is 60.6. The highest BCUT2D eigenvalue weighted by Crippen LogP contribution is 2.25. The second-order valence-electron chi connectivity index (χ2n) is 2.95. The van der Waals surface area contributed by atoms with Gasteiger partial charge in [-0.3, -0.25) is 0 Å². The fourth-order valence-electron chi connectivity index (χ4n) is 0.811. The first-order chi connectivity index (χ1) is 6.20. The zero-order valence-corrected chi connectivity index (χ0v) is 9.94. The Hall–Kier alpha value is -0.0831. The summed E-state index contributed by atoms with van der Waals surface area (Å²) in [5.74, 6) is 0. The maximum Gasteiger partial charge on any atom is 0.522 e. The van der Waals surface area contributed by atoms with E-state index in [-0.39, 0.29) is 0 Å². The molecule has 8 heteroatoms. The summed E-state index contributed by atoms with van der Waals surface area (Å²) in [5, 5.41) is 0. The van der Waals surface area contributed by atoms with Gasteiger partial charge in [0.1, 0.15) is 0 Å². The van der Waals surface area contributed by atoms with E-state index < -0.39 is 24.7 Å². The Kier molecular flexibility index (Phi) is 5.10. The molecule has 0 fully saturated rings. The minimum atomic E-state index is -5.37. The van der Waals surface area contributed by atoms with Crippen LogP contribution in [0.4, 0.5) is 13.2 Å². The summed E-state index contributed by atoms with van der Waals surface area (Å²) in [5.41, 5.74) is -5.29. The van der Waals surface area contributed by atoms with Gasteiger partial charge in [0.15, 0.2) is 9.04 Å². The highest BCUT2D eigenvalue weighted by atomic mass is 32.2. The van der Waals surface area contributed by atoms with Crippen molar-refractivity contribution in [2.75, 3.05) is 0 Å². The van der Waals surface area contributed by atoms with Gasteiger partial charge in [-0.1, -0.05) is 19.8 Å². The molecule has 1 atom stereocenters. The number of unbranched alkanes of at least 4 members (excludes halogenated alkanes) is 1. The quantitative estimate of drug-likeness (QED) is 0.553. The SMILES string of the molecule is CCCC[SiH](C)OS(=O)(=O)C(F)(F)F. The van der Waals surface area contributed by atoms with Gasteiger partial charge < -0.3 is 3.87 Å². The van der Waals surface area contributed by atoms with E-state index in [4.69, 9.17) is 0 Å². The third-order valence-electron chi connectivity index (χ3n) is 1.54. The minimum Gasteiger partial charge on any atom is -0.312 e. The molecule has 0 heterocycles. The summed E-state index contributed by atoms with van der Waals surface area (Å²) in [7, 11) is -7.62. The van der Waals surface area contributed by atoms with Crippen LogP contribution < -0.4 is 0 Å². The Balaban J connectivity index is 4.24. The monoisotopic (exact) mass is 250 g/mol. The molecular formula is C6H13F3O3SSi. The van der Waals surface area contributed by atoms with Gasteiger partial charge in [-0.15, -0.1) is 0 Å². The lowest BCUT2D eigenvalue weighted by Gasteiger charge is -2.12. The smallest absolute Gasteiger partial charge is 0.312 e. The van der Waals surface area contributed by atoms with Crippen molar-refractivity contribution in [2.24, 2.45) is 0 Å². The number of halogens is 3. The van der Waals surface area contributed by atoms with E-state index in [2.05, 4.69) is 3.87 Å². The summed E-state index contributed by atoms with van der Waals surface area (Å²) in [6.07, 6.45) is 1.51. The molecule has 3 nitrogen and oxygen atoms in total. The summed E-state index contributed by atoms with van der Waals surface area (Å²) >= 11 is 0. The van der Waals surface area contributed by atoms with E-state index in [0.717, 1.165) is 6.42 Å². The van der Waals surface area contributed by atoms with Gasteiger partial charge >= 0.3 is 15.6 Å². The minimum absolute atomic E-state index is 0.436. The van der Waals surface area contributed by atoms with E-state index in [1.54, 1.807) is 0 Å². The highest BCUT2D eigenvalue weighted by molar-refractivity contribution is 7.88. The lowest BCUT2D eigenvalue weighted by atomic mass is 10.4. The van der Waals surface area contributed by atoms with Crippen LogP contribution in [0.25, 0.3) is 0 Å². The van der Waals surface area contributed by atoms with Crippen molar-refractivity contribution in [2.45, 2.75) is 37.9 Å². The largest absolute Gasteiger partial charge is 0.522 e. The number of hydrogen-bond donors (Lipinski definition) is 0. The highest BCUT2D eigenvalue weighted by Gasteiger charge is 2.47. The standard InChI is InChI=1S/C6H13F3O3SSi/c1-3-4-5-14(2)12-13(10,11)6(7,8)9/h14H,3-5H2,1-2H3. The van der Waals surface area contributed by atoms with E-state index in [1.165, 1.54) is 6.55 Å². The van der Waals surface area contributed by atoms with Crippen molar-refractivity contribution < 1.29 is 25.5 Å². The molecule has 0 radical (unpaired) electrons.